The lowest BCUT2D eigenvalue weighted by atomic mass is 9.87. The molecule has 1 rings (SSSR count). The lowest BCUT2D eigenvalue weighted by molar-refractivity contribution is -0.131. The minimum Gasteiger partial charge on any atom is -0.492 e. The molecule has 0 saturated carbocycles. The Balaban J connectivity index is 2.48. The quantitative estimate of drug-likeness (QED) is 0.647. The van der Waals surface area contributed by atoms with Crippen molar-refractivity contribution < 1.29 is 9.53 Å². The van der Waals surface area contributed by atoms with Crippen molar-refractivity contribution in [1.82, 2.24) is 4.90 Å². The van der Waals surface area contributed by atoms with Crippen LogP contribution in [0.3, 0.4) is 0 Å². The smallest absolute Gasteiger partial charge is 0.222 e. The van der Waals surface area contributed by atoms with Gasteiger partial charge in [0.25, 0.3) is 0 Å². The minimum absolute atomic E-state index is 0.122. The van der Waals surface area contributed by atoms with Gasteiger partial charge >= 0.3 is 0 Å². The molecule has 0 fully saturated rings. The molecular weight excluding hydrogens is 342 g/mol. The highest BCUT2D eigenvalue weighted by Gasteiger charge is 2.15. The van der Waals surface area contributed by atoms with Gasteiger partial charge in [0.2, 0.25) is 5.91 Å². The van der Waals surface area contributed by atoms with Gasteiger partial charge in [-0.25, -0.2) is 0 Å². The summed E-state index contributed by atoms with van der Waals surface area (Å²) in [5, 5.41) is 0. The van der Waals surface area contributed by atoms with Crippen LogP contribution >= 0.6 is 15.9 Å². The highest BCUT2D eigenvalue weighted by molar-refractivity contribution is 9.10. The van der Waals surface area contributed by atoms with Crippen molar-refractivity contribution >= 4 is 21.8 Å². The molecule has 0 aromatic heterocycles. The van der Waals surface area contributed by atoms with E-state index in [1.807, 2.05) is 24.8 Å². The van der Waals surface area contributed by atoms with Gasteiger partial charge < -0.3 is 9.64 Å². The van der Waals surface area contributed by atoms with Gasteiger partial charge in [-0.05, 0) is 59.3 Å². The van der Waals surface area contributed by atoms with E-state index in [1.54, 1.807) is 0 Å². The number of carbonyl (C=O) groups excluding carboxylic acids is 1. The molecule has 1 amide bonds. The van der Waals surface area contributed by atoms with Gasteiger partial charge in [0, 0.05) is 19.5 Å². The van der Waals surface area contributed by atoms with Crippen molar-refractivity contribution in [2.75, 3.05) is 19.7 Å². The highest BCUT2D eigenvalue weighted by Crippen LogP contribution is 2.31. The van der Waals surface area contributed by atoms with Crippen LogP contribution in [0.25, 0.3) is 0 Å². The van der Waals surface area contributed by atoms with E-state index >= 15 is 0 Å². The van der Waals surface area contributed by atoms with E-state index in [1.165, 1.54) is 5.56 Å². The Morgan fingerprint density at radius 1 is 1.23 bits per heavy atom. The lowest BCUT2D eigenvalue weighted by Gasteiger charge is -2.20. The summed E-state index contributed by atoms with van der Waals surface area (Å²) in [7, 11) is 0. The number of nitrogens with zero attached hydrogens (tertiary/aromatic N) is 1. The van der Waals surface area contributed by atoms with Crippen molar-refractivity contribution in [3.8, 4) is 5.75 Å². The molecule has 4 heteroatoms. The van der Waals surface area contributed by atoms with Crippen molar-refractivity contribution in [2.45, 2.75) is 52.9 Å². The fraction of sp³-hybridized carbons (Fsp3) is 0.611. The van der Waals surface area contributed by atoms with Crippen LogP contribution in [0.5, 0.6) is 5.75 Å². The second kappa shape index (κ2) is 8.56. The number of carbonyl (C=O) groups is 1. The molecule has 0 aliphatic heterocycles. The number of rotatable bonds is 7. The Kier molecular flexibility index (Phi) is 7.40. The number of halogens is 1. The monoisotopic (exact) mass is 369 g/mol. The maximum absolute atomic E-state index is 11.9. The summed E-state index contributed by atoms with van der Waals surface area (Å²) in [5.74, 6) is 1.04. The molecule has 124 valence electrons. The fourth-order valence-corrected chi connectivity index (χ4v) is 2.72. The van der Waals surface area contributed by atoms with Gasteiger partial charge in [-0.1, -0.05) is 26.8 Å². The SMILES string of the molecule is CCN(CC)C(=O)CCCOc1ccc(C(C)(C)C)cc1Br. The number of hydrogen-bond donors (Lipinski definition) is 0. The van der Waals surface area contributed by atoms with Gasteiger partial charge in [0.15, 0.2) is 0 Å². The Labute approximate surface area is 143 Å². The summed E-state index contributed by atoms with van der Waals surface area (Å²) in [6.07, 6.45) is 1.28. The van der Waals surface area contributed by atoms with Crippen LogP contribution in [0, 0.1) is 0 Å². The zero-order valence-electron chi connectivity index (χ0n) is 14.4. The second-order valence-corrected chi connectivity index (χ2v) is 7.27. The van der Waals surface area contributed by atoms with E-state index < -0.39 is 0 Å². The molecule has 0 atom stereocenters. The van der Waals surface area contributed by atoms with E-state index in [9.17, 15) is 4.79 Å². The van der Waals surface area contributed by atoms with Crippen molar-refractivity contribution in [3.05, 3.63) is 28.2 Å². The van der Waals surface area contributed by atoms with Crippen LogP contribution < -0.4 is 4.74 Å². The Morgan fingerprint density at radius 2 is 1.86 bits per heavy atom. The van der Waals surface area contributed by atoms with Crippen LogP contribution in [0.4, 0.5) is 0 Å². The third kappa shape index (κ3) is 5.64. The van der Waals surface area contributed by atoms with Crippen LogP contribution in [-0.4, -0.2) is 30.5 Å². The lowest BCUT2D eigenvalue weighted by Crippen LogP contribution is -2.30. The first-order valence-electron chi connectivity index (χ1n) is 8.00. The largest absolute Gasteiger partial charge is 0.492 e. The molecule has 0 heterocycles. The first-order valence-corrected chi connectivity index (χ1v) is 8.79. The van der Waals surface area contributed by atoms with Gasteiger partial charge in [-0.3, -0.25) is 4.79 Å². The predicted octanol–water partition coefficient (Wildman–Crippen LogP) is 4.77. The van der Waals surface area contributed by atoms with E-state index in [0.29, 0.717) is 13.0 Å². The molecule has 1 aromatic rings. The molecule has 0 N–H and O–H groups in total. The average Bonchev–Trinajstić information content (AvgIpc) is 2.45. The van der Waals surface area contributed by atoms with Gasteiger partial charge in [0.1, 0.15) is 5.75 Å². The second-order valence-electron chi connectivity index (χ2n) is 6.41. The van der Waals surface area contributed by atoms with Crippen LogP contribution in [-0.2, 0) is 10.2 Å². The molecule has 0 aliphatic carbocycles. The summed E-state index contributed by atoms with van der Waals surface area (Å²) in [6, 6.07) is 6.20. The topological polar surface area (TPSA) is 29.5 Å². The molecule has 0 unspecified atom stereocenters. The Hall–Kier alpha value is -1.03. The molecule has 22 heavy (non-hydrogen) atoms. The minimum atomic E-state index is 0.122. The number of ether oxygens (including phenoxy) is 1. The third-order valence-electron chi connectivity index (χ3n) is 3.71. The molecule has 0 saturated heterocycles. The molecule has 0 aliphatic rings. The van der Waals surface area contributed by atoms with E-state index in [0.717, 1.165) is 29.7 Å². The first-order chi connectivity index (χ1) is 10.3. The van der Waals surface area contributed by atoms with Gasteiger partial charge in [-0.15, -0.1) is 0 Å². The molecular formula is C18H28BrNO2. The first kappa shape index (κ1) is 19.0. The zero-order valence-corrected chi connectivity index (χ0v) is 16.0. The predicted molar refractivity (Wildman–Crippen MR) is 95.5 cm³/mol. The molecule has 0 spiro atoms. The molecule has 3 nitrogen and oxygen atoms in total. The number of hydrogen-bond acceptors (Lipinski definition) is 2. The van der Waals surface area contributed by atoms with E-state index in [2.05, 4.69) is 48.8 Å². The van der Waals surface area contributed by atoms with Gasteiger partial charge in [0.05, 0.1) is 11.1 Å². The Bertz CT molecular complexity index is 490. The van der Waals surface area contributed by atoms with E-state index in [-0.39, 0.29) is 11.3 Å². The zero-order chi connectivity index (χ0) is 16.8. The van der Waals surface area contributed by atoms with Crippen LogP contribution in [0.15, 0.2) is 22.7 Å². The van der Waals surface area contributed by atoms with Crippen molar-refractivity contribution in [1.29, 1.82) is 0 Å². The van der Waals surface area contributed by atoms with E-state index in [4.69, 9.17) is 4.74 Å². The van der Waals surface area contributed by atoms with Crippen LogP contribution in [0.2, 0.25) is 0 Å². The standard InChI is InChI=1S/C18H28BrNO2/c1-6-20(7-2)17(21)9-8-12-22-16-11-10-14(13-15(16)19)18(3,4)5/h10-11,13H,6-9,12H2,1-5H3. The van der Waals surface area contributed by atoms with Crippen molar-refractivity contribution in [2.24, 2.45) is 0 Å². The summed E-state index contributed by atoms with van der Waals surface area (Å²) >= 11 is 3.57. The van der Waals surface area contributed by atoms with Crippen molar-refractivity contribution in [3.63, 3.8) is 0 Å². The van der Waals surface area contributed by atoms with Gasteiger partial charge in [-0.2, -0.15) is 0 Å². The normalized spacial score (nSPS) is 11.4. The highest BCUT2D eigenvalue weighted by atomic mass is 79.9. The van der Waals surface area contributed by atoms with Crippen LogP contribution in [0.1, 0.15) is 53.0 Å². The average molecular weight is 370 g/mol. The summed E-state index contributed by atoms with van der Waals surface area (Å²) < 4.78 is 6.75. The summed E-state index contributed by atoms with van der Waals surface area (Å²) in [5.41, 5.74) is 1.39. The summed E-state index contributed by atoms with van der Waals surface area (Å²) in [6.45, 7) is 12.7. The molecule has 0 bridgehead atoms. The maximum Gasteiger partial charge on any atom is 0.222 e. The third-order valence-corrected chi connectivity index (χ3v) is 4.33. The molecule has 1 aromatic carbocycles. The fourth-order valence-electron chi connectivity index (χ4n) is 2.22. The molecule has 0 radical (unpaired) electrons. The summed E-state index contributed by atoms with van der Waals surface area (Å²) in [4.78, 5) is 13.8. The number of benzene rings is 1. The number of amides is 1. The maximum atomic E-state index is 11.9. The Morgan fingerprint density at radius 3 is 2.36 bits per heavy atom.